The van der Waals surface area contributed by atoms with Crippen LogP contribution in [0.25, 0.3) is 5.69 Å². The number of aryl methyl sites for hydroxylation is 2. The predicted octanol–water partition coefficient (Wildman–Crippen LogP) is 4.54. The molecule has 0 unspecified atom stereocenters. The van der Waals surface area contributed by atoms with Gasteiger partial charge in [0.2, 0.25) is 11.7 Å². The number of carbonyl (C=O) groups is 1. The summed E-state index contributed by atoms with van der Waals surface area (Å²) in [7, 11) is 4.78. The number of thioether (sulfide) groups is 1. The van der Waals surface area contributed by atoms with Crippen molar-refractivity contribution in [2.45, 2.75) is 25.5 Å². The highest BCUT2D eigenvalue weighted by Crippen LogP contribution is 2.48. The molecule has 0 saturated heterocycles. The Kier molecular flexibility index (Phi) is 6.32. The predicted molar refractivity (Wildman–Crippen MR) is 127 cm³/mol. The van der Waals surface area contributed by atoms with E-state index in [1.807, 2.05) is 35.9 Å². The monoisotopic (exact) mass is 453 g/mol. The highest BCUT2D eigenvalue weighted by Gasteiger charge is 2.32. The normalized spacial score (nSPS) is 15.5. The number of amides is 1. The van der Waals surface area contributed by atoms with Gasteiger partial charge in [0.05, 0.1) is 43.7 Å². The fourth-order valence-corrected chi connectivity index (χ4v) is 5.13. The topological polar surface area (TPSA) is 74.6 Å². The summed E-state index contributed by atoms with van der Waals surface area (Å²) < 4.78 is 18.4. The second kappa shape index (κ2) is 9.16. The molecule has 2 aromatic carbocycles. The van der Waals surface area contributed by atoms with Gasteiger partial charge in [-0.2, -0.15) is 5.10 Å². The van der Waals surface area contributed by atoms with Crippen molar-refractivity contribution in [2.24, 2.45) is 0 Å². The van der Waals surface area contributed by atoms with Crippen molar-refractivity contribution in [3.05, 3.63) is 58.8 Å². The first-order valence-corrected chi connectivity index (χ1v) is 11.5. The van der Waals surface area contributed by atoms with Gasteiger partial charge in [0.15, 0.2) is 11.5 Å². The van der Waals surface area contributed by atoms with E-state index in [4.69, 9.17) is 19.3 Å². The van der Waals surface area contributed by atoms with Crippen LogP contribution in [-0.4, -0.2) is 42.8 Å². The quantitative estimate of drug-likeness (QED) is 0.591. The van der Waals surface area contributed by atoms with Crippen LogP contribution in [-0.2, 0) is 11.2 Å². The summed E-state index contributed by atoms with van der Waals surface area (Å²) >= 11 is 1.55. The summed E-state index contributed by atoms with van der Waals surface area (Å²) in [6.07, 6.45) is 0.965. The number of carbonyl (C=O) groups excluding carboxylic acids is 1. The number of fused-ring (bicyclic) bond motifs is 1. The van der Waals surface area contributed by atoms with Gasteiger partial charge in [-0.05, 0) is 48.7 Å². The second-order valence-electron chi connectivity index (χ2n) is 7.48. The van der Waals surface area contributed by atoms with Crippen molar-refractivity contribution >= 4 is 23.5 Å². The molecule has 1 atom stereocenters. The van der Waals surface area contributed by atoms with E-state index in [9.17, 15) is 4.79 Å². The third-order valence-corrected chi connectivity index (χ3v) is 6.86. The van der Waals surface area contributed by atoms with Crippen molar-refractivity contribution in [3.8, 4) is 22.9 Å². The molecule has 1 aliphatic rings. The maximum absolute atomic E-state index is 12.6. The zero-order valence-electron chi connectivity index (χ0n) is 18.9. The highest BCUT2D eigenvalue weighted by atomic mass is 32.2. The Labute approximate surface area is 192 Å². The molecule has 8 heteroatoms. The molecule has 168 valence electrons. The minimum absolute atomic E-state index is 0.0579. The second-order valence-corrected chi connectivity index (χ2v) is 8.57. The Bertz CT molecular complexity index is 1120. The summed E-state index contributed by atoms with van der Waals surface area (Å²) in [6, 6.07) is 12.1. The zero-order valence-corrected chi connectivity index (χ0v) is 19.7. The molecule has 1 aliphatic heterocycles. The van der Waals surface area contributed by atoms with Gasteiger partial charge in [0, 0.05) is 5.56 Å². The SMILES string of the molecule is CCc1ccc(-n2nc(C)c3c2NC(=O)CS[C@@H]3c2cc(OC)c(OC)c(OC)c2)cc1. The molecule has 7 nitrogen and oxygen atoms in total. The number of hydrogen-bond donors (Lipinski definition) is 1. The van der Waals surface area contributed by atoms with E-state index in [1.54, 1.807) is 33.1 Å². The van der Waals surface area contributed by atoms with Crippen LogP contribution in [0.5, 0.6) is 17.2 Å². The number of anilines is 1. The van der Waals surface area contributed by atoms with E-state index in [0.717, 1.165) is 28.9 Å². The largest absolute Gasteiger partial charge is 0.493 e. The lowest BCUT2D eigenvalue weighted by molar-refractivity contribution is -0.113. The molecule has 0 fully saturated rings. The number of rotatable bonds is 6. The maximum Gasteiger partial charge on any atom is 0.235 e. The molecule has 1 amide bonds. The standard InChI is InChI=1S/C24H27N3O4S/c1-6-15-7-9-17(10-8-15)27-24-21(14(2)26-27)23(32-13-20(28)25-24)16-11-18(29-3)22(31-5)19(12-16)30-4/h7-12,23H,6,13H2,1-5H3,(H,25,28)/t23-/m1/s1. The van der Waals surface area contributed by atoms with Crippen LogP contribution in [0.2, 0.25) is 0 Å². The first-order chi connectivity index (χ1) is 15.5. The van der Waals surface area contributed by atoms with Gasteiger partial charge in [-0.25, -0.2) is 4.68 Å². The minimum atomic E-state index is -0.138. The summed E-state index contributed by atoms with van der Waals surface area (Å²) in [5, 5.41) is 7.72. The summed E-state index contributed by atoms with van der Waals surface area (Å²) in [4.78, 5) is 12.6. The molecule has 0 radical (unpaired) electrons. The number of nitrogens with one attached hydrogen (secondary N) is 1. The van der Waals surface area contributed by atoms with E-state index >= 15 is 0 Å². The van der Waals surface area contributed by atoms with Gasteiger partial charge < -0.3 is 19.5 Å². The van der Waals surface area contributed by atoms with Gasteiger partial charge in [0.1, 0.15) is 5.82 Å². The lowest BCUT2D eigenvalue weighted by Crippen LogP contribution is -2.15. The van der Waals surface area contributed by atoms with Crippen LogP contribution in [0.3, 0.4) is 0 Å². The first-order valence-electron chi connectivity index (χ1n) is 10.4. The maximum atomic E-state index is 12.6. The molecule has 4 rings (SSSR count). The van der Waals surface area contributed by atoms with Crippen LogP contribution in [0.15, 0.2) is 36.4 Å². The Morgan fingerprint density at radius 2 is 1.75 bits per heavy atom. The zero-order chi connectivity index (χ0) is 22.8. The smallest absolute Gasteiger partial charge is 0.235 e. The minimum Gasteiger partial charge on any atom is -0.493 e. The molecule has 3 aromatic rings. The van der Waals surface area contributed by atoms with E-state index < -0.39 is 0 Å². The number of ether oxygens (including phenoxy) is 3. The van der Waals surface area contributed by atoms with E-state index in [2.05, 4.69) is 24.4 Å². The van der Waals surface area contributed by atoms with Crippen molar-refractivity contribution in [1.29, 1.82) is 0 Å². The Morgan fingerprint density at radius 3 is 2.31 bits per heavy atom. The third kappa shape index (κ3) is 3.90. The van der Waals surface area contributed by atoms with Crippen molar-refractivity contribution in [3.63, 3.8) is 0 Å². The Balaban J connectivity index is 1.87. The average Bonchev–Trinajstić information content (AvgIpc) is 3.02. The first kappa shape index (κ1) is 22.1. The Morgan fingerprint density at radius 1 is 1.09 bits per heavy atom. The molecule has 0 aliphatic carbocycles. The van der Waals surface area contributed by atoms with Crippen LogP contribution in [0.4, 0.5) is 5.82 Å². The fourth-order valence-electron chi connectivity index (χ4n) is 3.96. The van der Waals surface area contributed by atoms with Crippen molar-refractivity contribution < 1.29 is 19.0 Å². The number of methoxy groups -OCH3 is 3. The highest BCUT2D eigenvalue weighted by molar-refractivity contribution is 8.00. The van der Waals surface area contributed by atoms with Crippen LogP contribution in [0.1, 0.15) is 34.6 Å². The van der Waals surface area contributed by atoms with Gasteiger partial charge in [0.25, 0.3) is 0 Å². The van der Waals surface area contributed by atoms with Gasteiger partial charge in [-0.1, -0.05) is 19.1 Å². The molecule has 1 N–H and O–H groups in total. The summed E-state index contributed by atoms with van der Waals surface area (Å²) in [6.45, 7) is 4.09. The van der Waals surface area contributed by atoms with Crippen LogP contribution < -0.4 is 19.5 Å². The lowest BCUT2D eigenvalue weighted by Gasteiger charge is -2.19. The van der Waals surface area contributed by atoms with Crippen molar-refractivity contribution in [2.75, 3.05) is 32.4 Å². The van der Waals surface area contributed by atoms with Gasteiger partial charge >= 0.3 is 0 Å². The number of aromatic nitrogens is 2. The van der Waals surface area contributed by atoms with Gasteiger partial charge in [-0.3, -0.25) is 4.79 Å². The number of benzene rings is 2. The molecular weight excluding hydrogens is 426 g/mol. The molecule has 0 saturated carbocycles. The van der Waals surface area contributed by atoms with E-state index in [1.165, 1.54) is 5.56 Å². The average molecular weight is 454 g/mol. The van der Waals surface area contributed by atoms with E-state index in [0.29, 0.717) is 28.8 Å². The lowest BCUT2D eigenvalue weighted by atomic mass is 10.0. The molecular formula is C24H27N3O4S. The molecule has 0 spiro atoms. The molecule has 32 heavy (non-hydrogen) atoms. The van der Waals surface area contributed by atoms with E-state index in [-0.39, 0.29) is 11.2 Å². The molecule has 2 heterocycles. The van der Waals surface area contributed by atoms with Gasteiger partial charge in [-0.15, -0.1) is 11.8 Å². The molecule has 0 bridgehead atoms. The Hall–Kier alpha value is -3.13. The van der Waals surface area contributed by atoms with Crippen molar-refractivity contribution in [1.82, 2.24) is 9.78 Å². The number of hydrogen-bond acceptors (Lipinski definition) is 6. The summed E-state index contributed by atoms with van der Waals surface area (Å²) in [5.41, 5.74) is 4.93. The third-order valence-electron chi connectivity index (χ3n) is 5.59. The van der Waals surface area contributed by atoms with Crippen LogP contribution >= 0.6 is 11.8 Å². The summed E-state index contributed by atoms with van der Waals surface area (Å²) in [5.74, 6) is 2.65. The fraction of sp³-hybridized carbons (Fsp3) is 0.333. The molecule has 1 aromatic heterocycles. The number of nitrogens with zero attached hydrogens (tertiary/aromatic N) is 2. The van der Waals surface area contributed by atoms with Crippen LogP contribution in [0, 0.1) is 6.92 Å².